The van der Waals surface area contributed by atoms with Gasteiger partial charge in [0, 0.05) is 36.4 Å². The highest BCUT2D eigenvalue weighted by molar-refractivity contribution is 5.95. The van der Waals surface area contributed by atoms with Gasteiger partial charge in [0.05, 0.1) is 6.04 Å². The minimum atomic E-state index is -1.36. The summed E-state index contributed by atoms with van der Waals surface area (Å²) in [4.78, 5) is 56.6. The Kier molecular flexibility index (Phi) is 11.5. The van der Waals surface area contributed by atoms with Crippen molar-refractivity contribution in [2.45, 2.75) is 49.9 Å². The van der Waals surface area contributed by atoms with Crippen LogP contribution in [0.3, 0.4) is 0 Å². The number of aromatic hydroxyl groups is 2. The third-order valence-corrected chi connectivity index (χ3v) is 8.37. The minimum Gasteiger partial charge on any atom is -0.508 e. The average molecular weight is 678 g/mol. The van der Waals surface area contributed by atoms with Crippen molar-refractivity contribution < 1.29 is 34.5 Å². The lowest BCUT2D eigenvalue weighted by atomic mass is 10.00. The van der Waals surface area contributed by atoms with Gasteiger partial charge in [-0.05, 0) is 59.0 Å². The Morgan fingerprint density at radius 3 is 1.66 bits per heavy atom. The highest BCUT2D eigenvalue weighted by Gasteiger charge is 2.31. The lowest BCUT2D eigenvalue weighted by Gasteiger charge is -2.25. The number of H-pyrrole nitrogens is 1. The van der Waals surface area contributed by atoms with Gasteiger partial charge >= 0.3 is 5.97 Å². The topological polar surface area (TPSA) is 207 Å². The number of para-hydroxylation sites is 1. The molecule has 0 aliphatic carbocycles. The first-order valence-electron chi connectivity index (χ1n) is 16.1. The Morgan fingerprint density at radius 1 is 0.580 bits per heavy atom. The summed E-state index contributed by atoms with van der Waals surface area (Å²) >= 11 is 0. The summed E-state index contributed by atoms with van der Waals surface area (Å²) < 4.78 is 0. The molecular weight excluding hydrogens is 638 g/mol. The Labute approximate surface area is 288 Å². The lowest BCUT2D eigenvalue weighted by molar-refractivity contribution is -0.142. The van der Waals surface area contributed by atoms with Crippen LogP contribution in [0.15, 0.2) is 109 Å². The van der Waals surface area contributed by atoms with Crippen LogP contribution in [0, 0.1) is 0 Å². The van der Waals surface area contributed by atoms with Crippen LogP contribution in [0.1, 0.15) is 22.3 Å². The van der Waals surface area contributed by atoms with Crippen LogP contribution < -0.4 is 21.7 Å². The molecule has 4 unspecified atom stereocenters. The highest BCUT2D eigenvalue weighted by Crippen LogP contribution is 2.20. The molecule has 9 N–H and O–H groups in total. The van der Waals surface area contributed by atoms with Crippen LogP contribution in [0.2, 0.25) is 0 Å². The van der Waals surface area contributed by atoms with Gasteiger partial charge < -0.3 is 42.0 Å². The van der Waals surface area contributed by atoms with Gasteiger partial charge in [-0.25, -0.2) is 4.79 Å². The summed E-state index contributed by atoms with van der Waals surface area (Å²) in [5.41, 5.74) is 9.85. The van der Waals surface area contributed by atoms with Gasteiger partial charge in [0.2, 0.25) is 17.7 Å². The maximum atomic E-state index is 14.1. The number of phenolic OH excluding ortho intramolecular Hbond substituents is 2. The van der Waals surface area contributed by atoms with Crippen LogP contribution in [0.4, 0.5) is 0 Å². The first kappa shape index (κ1) is 35.2. The number of hydrogen-bond donors (Lipinski definition) is 8. The number of benzene rings is 4. The standard InChI is InChI=1S/C38H39N5O7/c39-30(18-23-6-2-1-3-7-23)35(46)41-33(21-26-22-40-31-9-5-4-8-29(26)31)37(48)42-32(19-24-10-14-27(44)15-11-24)36(47)43-34(38(49)50)20-25-12-16-28(45)17-13-25/h1-17,22,30,32-34,40,44-45H,18-21,39H2,(H,41,46)(H,42,48)(H,43,47)(H,49,50). The van der Waals surface area contributed by atoms with Gasteiger partial charge in [-0.15, -0.1) is 0 Å². The number of carboxylic acid groups (broad SMARTS) is 1. The summed E-state index contributed by atoms with van der Waals surface area (Å²) in [6.45, 7) is 0. The summed E-state index contributed by atoms with van der Waals surface area (Å²) in [7, 11) is 0. The maximum Gasteiger partial charge on any atom is 0.326 e. The van der Waals surface area contributed by atoms with Crippen LogP contribution >= 0.6 is 0 Å². The Morgan fingerprint density at radius 2 is 1.06 bits per heavy atom. The van der Waals surface area contributed by atoms with Crippen molar-refractivity contribution >= 4 is 34.6 Å². The molecule has 0 saturated carbocycles. The Bertz CT molecular complexity index is 1930. The average Bonchev–Trinajstić information content (AvgIpc) is 3.52. The molecule has 258 valence electrons. The van der Waals surface area contributed by atoms with Gasteiger partial charge in [-0.2, -0.15) is 0 Å². The molecule has 0 fully saturated rings. The van der Waals surface area contributed by atoms with Crippen molar-refractivity contribution in [2.75, 3.05) is 0 Å². The first-order chi connectivity index (χ1) is 24.0. The largest absolute Gasteiger partial charge is 0.508 e. The van der Waals surface area contributed by atoms with E-state index in [0.29, 0.717) is 11.1 Å². The molecule has 4 atom stereocenters. The third kappa shape index (κ3) is 9.48. The Balaban J connectivity index is 1.39. The summed E-state index contributed by atoms with van der Waals surface area (Å²) in [6, 6.07) is 23.9. The molecule has 0 aliphatic rings. The highest BCUT2D eigenvalue weighted by atomic mass is 16.4. The fourth-order valence-electron chi connectivity index (χ4n) is 5.66. The molecule has 12 nitrogen and oxygen atoms in total. The van der Waals surface area contributed by atoms with E-state index < -0.39 is 47.9 Å². The number of carboxylic acids is 1. The first-order valence-corrected chi connectivity index (χ1v) is 16.1. The van der Waals surface area contributed by atoms with E-state index in [1.807, 2.05) is 54.6 Å². The van der Waals surface area contributed by atoms with Gasteiger partial charge in [0.15, 0.2) is 0 Å². The number of nitrogens with one attached hydrogen (secondary N) is 4. The maximum absolute atomic E-state index is 14.1. The van der Waals surface area contributed by atoms with E-state index in [0.717, 1.165) is 22.0 Å². The predicted octanol–water partition coefficient (Wildman–Crippen LogP) is 2.72. The van der Waals surface area contributed by atoms with Crippen LogP contribution in [-0.4, -0.2) is 68.2 Å². The second-order valence-electron chi connectivity index (χ2n) is 12.1. The quantitative estimate of drug-likeness (QED) is 0.0825. The van der Waals surface area contributed by atoms with Crippen molar-refractivity contribution in [3.63, 3.8) is 0 Å². The van der Waals surface area contributed by atoms with E-state index >= 15 is 0 Å². The molecule has 0 bridgehead atoms. The fraction of sp³-hybridized carbons (Fsp3) is 0.211. The van der Waals surface area contributed by atoms with E-state index in [4.69, 9.17) is 5.73 Å². The number of phenols is 2. The molecular formula is C38H39N5O7. The summed E-state index contributed by atoms with van der Waals surface area (Å²) in [5.74, 6) is -3.29. The van der Waals surface area contributed by atoms with Crippen molar-refractivity contribution in [1.29, 1.82) is 0 Å². The smallest absolute Gasteiger partial charge is 0.326 e. The molecule has 1 aromatic heterocycles. The van der Waals surface area contributed by atoms with Crippen molar-refractivity contribution in [3.05, 3.63) is 132 Å². The number of aliphatic carboxylic acids is 1. The second-order valence-corrected chi connectivity index (χ2v) is 12.1. The fourth-order valence-corrected chi connectivity index (χ4v) is 5.66. The number of fused-ring (bicyclic) bond motifs is 1. The summed E-state index contributed by atoms with van der Waals surface area (Å²) in [5, 5.41) is 38.3. The van der Waals surface area contributed by atoms with Crippen LogP contribution in [-0.2, 0) is 44.9 Å². The Hall–Kier alpha value is -6.14. The number of hydrogen-bond acceptors (Lipinski definition) is 7. The molecule has 0 saturated heterocycles. The number of carbonyl (C=O) groups excluding carboxylic acids is 3. The lowest BCUT2D eigenvalue weighted by Crippen LogP contribution is -2.58. The zero-order valence-electron chi connectivity index (χ0n) is 27.1. The number of carbonyl (C=O) groups is 4. The normalized spacial score (nSPS) is 13.5. The van der Waals surface area contributed by atoms with Crippen LogP contribution in [0.25, 0.3) is 10.9 Å². The number of rotatable bonds is 15. The third-order valence-electron chi connectivity index (χ3n) is 8.37. The van der Waals surface area contributed by atoms with E-state index in [9.17, 15) is 34.5 Å². The molecule has 4 aromatic carbocycles. The van der Waals surface area contributed by atoms with Crippen molar-refractivity contribution in [2.24, 2.45) is 5.73 Å². The van der Waals surface area contributed by atoms with Gasteiger partial charge in [-0.1, -0.05) is 72.8 Å². The van der Waals surface area contributed by atoms with Gasteiger partial charge in [0.25, 0.3) is 0 Å². The van der Waals surface area contributed by atoms with Crippen molar-refractivity contribution in [3.8, 4) is 11.5 Å². The van der Waals surface area contributed by atoms with Gasteiger partial charge in [-0.3, -0.25) is 14.4 Å². The number of nitrogens with two attached hydrogens (primary N) is 1. The van der Waals surface area contributed by atoms with E-state index in [-0.39, 0.29) is 37.2 Å². The molecule has 12 heteroatoms. The molecule has 5 rings (SSSR count). The van der Waals surface area contributed by atoms with E-state index in [2.05, 4.69) is 20.9 Å². The number of amides is 3. The van der Waals surface area contributed by atoms with E-state index in [1.54, 1.807) is 30.5 Å². The zero-order chi connectivity index (χ0) is 35.6. The SMILES string of the molecule is NC(Cc1ccccc1)C(=O)NC(Cc1c[nH]c2ccccc12)C(=O)NC(Cc1ccc(O)cc1)C(=O)NC(Cc1ccc(O)cc1)C(=O)O. The monoisotopic (exact) mass is 677 g/mol. The molecule has 0 spiro atoms. The number of aromatic nitrogens is 1. The molecule has 50 heavy (non-hydrogen) atoms. The second kappa shape index (κ2) is 16.3. The summed E-state index contributed by atoms with van der Waals surface area (Å²) in [6.07, 6.45) is 1.91. The molecule has 5 aromatic rings. The zero-order valence-corrected chi connectivity index (χ0v) is 27.1. The van der Waals surface area contributed by atoms with Crippen LogP contribution in [0.5, 0.6) is 11.5 Å². The van der Waals surface area contributed by atoms with E-state index in [1.165, 1.54) is 24.3 Å². The number of aromatic amines is 1. The van der Waals surface area contributed by atoms with Gasteiger partial charge in [0.1, 0.15) is 29.6 Å². The molecule has 0 radical (unpaired) electrons. The minimum absolute atomic E-state index is 0.00646. The predicted molar refractivity (Wildman–Crippen MR) is 187 cm³/mol. The molecule has 0 aliphatic heterocycles. The molecule has 3 amide bonds. The van der Waals surface area contributed by atoms with Crippen molar-refractivity contribution in [1.82, 2.24) is 20.9 Å². The molecule has 1 heterocycles.